The topological polar surface area (TPSA) is 98.8 Å². The smallest absolute Gasteiger partial charge is 0.325 e. The first-order valence-electron chi connectivity index (χ1n) is 10.7. The fourth-order valence-corrected chi connectivity index (χ4v) is 3.84. The van der Waals surface area contributed by atoms with Crippen LogP contribution in [0.5, 0.6) is 0 Å². The highest BCUT2D eigenvalue weighted by Gasteiger charge is 2.51. The maximum absolute atomic E-state index is 13.3. The van der Waals surface area contributed by atoms with Gasteiger partial charge >= 0.3 is 6.03 Å². The minimum atomic E-state index is -1.37. The quantitative estimate of drug-likeness (QED) is 0.599. The number of nitrogens with one attached hydrogen (secondary N) is 2. The molecule has 33 heavy (non-hydrogen) atoms. The summed E-state index contributed by atoms with van der Waals surface area (Å²) >= 11 is 0. The van der Waals surface area contributed by atoms with Crippen LogP contribution in [-0.2, 0) is 26.3 Å². The second kappa shape index (κ2) is 9.81. The monoisotopic (exact) mass is 454 g/mol. The molecule has 5 amide bonds. The highest BCUT2D eigenvalue weighted by atomic mass is 19.1. The number of imide groups is 1. The van der Waals surface area contributed by atoms with E-state index in [1.807, 2.05) is 25.1 Å². The molecule has 174 valence electrons. The van der Waals surface area contributed by atoms with Gasteiger partial charge < -0.3 is 15.5 Å². The van der Waals surface area contributed by atoms with Crippen LogP contribution in [0.25, 0.3) is 0 Å². The first-order chi connectivity index (χ1) is 15.7. The molecule has 1 aliphatic rings. The summed E-state index contributed by atoms with van der Waals surface area (Å²) in [5.74, 6) is -2.01. The van der Waals surface area contributed by atoms with E-state index in [4.69, 9.17) is 0 Å². The Hall–Kier alpha value is -3.75. The second-order valence-corrected chi connectivity index (χ2v) is 7.90. The Kier molecular flexibility index (Phi) is 7.10. The third-order valence-corrected chi connectivity index (χ3v) is 5.82. The normalized spacial score (nSPS) is 17.6. The maximum atomic E-state index is 13.3. The number of likely N-dealkylation sites (N-methyl/N-ethyl adjacent to an activating group) is 1. The number of amides is 5. The zero-order valence-electron chi connectivity index (χ0n) is 18.9. The van der Waals surface area contributed by atoms with Crippen LogP contribution in [0.4, 0.5) is 14.9 Å². The molecule has 2 aromatic rings. The number of para-hydroxylation sites is 1. The minimum absolute atomic E-state index is 0.225. The summed E-state index contributed by atoms with van der Waals surface area (Å²) < 4.78 is 13.3. The number of carbonyl (C=O) groups is 4. The van der Waals surface area contributed by atoms with Gasteiger partial charge in [0, 0.05) is 12.7 Å². The van der Waals surface area contributed by atoms with Crippen LogP contribution in [0.2, 0.25) is 0 Å². The molecule has 1 atom stereocenters. The molecule has 0 unspecified atom stereocenters. The van der Waals surface area contributed by atoms with E-state index in [2.05, 4.69) is 10.6 Å². The van der Waals surface area contributed by atoms with Crippen LogP contribution >= 0.6 is 0 Å². The zero-order valence-corrected chi connectivity index (χ0v) is 18.9. The summed E-state index contributed by atoms with van der Waals surface area (Å²) in [5, 5.41) is 5.43. The molecule has 8 nitrogen and oxygen atoms in total. The Labute approximate surface area is 191 Å². The van der Waals surface area contributed by atoms with Gasteiger partial charge in [-0.15, -0.1) is 0 Å². The fraction of sp³-hybridized carbons (Fsp3) is 0.333. The van der Waals surface area contributed by atoms with E-state index in [1.54, 1.807) is 13.0 Å². The van der Waals surface area contributed by atoms with E-state index in [9.17, 15) is 23.6 Å². The number of carbonyl (C=O) groups excluding carboxylic acids is 4. The lowest BCUT2D eigenvalue weighted by molar-refractivity contribution is -0.139. The molecule has 0 bridgehead atoms. The summed E-state index contributed by atoms with van der Waals surface area (Å²) in [5.41, 5.74) is 0.704. The van der Waals surface area contributed by atoms with E-state index in [-0.39, 0.29) is 13.0 Å². The number of benzene rings is 2. The van der Waals surface area contributed by atoms with Crippen molar-refractivity contribution in [1.82, 2.24) is 15.1 Å². The molecule has 9 heteroatoms. The Morgan fingerprint density at radius 2 is 1.76 bits per heavy atom. The average molecular weight is 455 g/mol. The Morgan fingerprint density at radius 1 is 1.09 bits per heavy atom. The molecule has 1 saturated heterocycles. The number of hydrogen-bond donors (Lipinski definition) is 2. The van der Waals surface area contributed by atoms with Crippen LogP contribution in [0.1, 0.15) is 31.4 Å². The molecule has 3 rings (SSSR count). The van der Waals surface area contributed by atoms with Crippen LogP contribution in [0.3, 0.4) is 0 Å². The molecule has 0 radical (unpaired) electrons. The van der Waals surface area contributed by atoms with E-state index in [0.717, 1.165) is 21.8 Å². The first kappa shape index (κ1) is 23.9. The summed E-state index contributed by atoms with van der Waals surface area (Å²) in [6, 6.07) is 12.0. The lowest BCUT2D eigenvalue weighted by atomic mass is 9.87. The summed E-state index contributed by atoms with van der Waals surface area (Å²) in [7, 11) is 1.43. The lowest BCUT2D eigenvalue weighted by Crippen LogP contribution is -2.46. The molecule has 1 fully saturated rings. The molecule has 0 spiro atoms. The van der Waals surface area contributed by atoms with Crippen molar-refractivity contribution in [2.75, 3.05) is 25.5 Å². The van der Waals surface area contributed by atoms with Gasteiger partial charge in [-0.3, -0.25) is 19.3 Å². The third kappa shape index (κ3) is 4.87. The highest BCUT2D eigenvalue weighted by molar-refractivity contribution is 6.09. The largest absolute Gasteiger partial charge is 0.335 e. The number of hydrogen-bond acceptors (Lipinski definition) is 4. The first-order valence-corrected chi connectivity index (χ1v) is 10.7. The van der Waals surface area contributed by atoms with Gasteiger partial charge in [0.15, 0.2) is 0 Å². The van der Waals surface area contributed by atoms with Gasteiger partial charge in [-0.2, -0.15) is 0 Å². The van der Waals surface area contributed by atoms with Gasteiger partial charge in [-0.25, -0.2) is 9.18 Å². The molecule has 2 aromatic carbocycles. The van der Waals surface area contributed by atoms with Crippen LogP contribution in [-0.4, -0.2) is 53.7 Å². The maximum Gasteiger partial charge on any atom is 0.325 e. The van der Waals surface area contributed by atoms with Crippen molar-refractivity contribution < 1.29 is 23.6 Å². The Morgan fingerprint density at radius 3 is 2.39 bits per heavy atom. The summed E-state index contributed by atoms with van der Waals surface area (Å²) in [4.78, 5) is 52.8. The van der Waals surface area contributed by atoms with E-state index < -0.39 is 41.7 Å². The van der Waals surface area contributed by atoms with Gasteiger partial charge in [0.05, 0.1) is 6.54 Å². The van der Waals surface area contributed by atoms with Gasteiger partial charge in [-0.1, -0.05) is 44.2 Å². The summed E-state index contributed by atoms with van der Waals surface area (Å²) in [6.07, 6.45) is 0.966. The van der Waals surface area contributed by atoms with E-state index >= 15 is 0 Å². The van der Waals surface area contributed by atoms with Crippen molar-refractivity contribution in [3.05, 3.63) is 65.5 Å². The van der Waals surface area contributed by atoms with Gasteiger partial charge in [-0.05, 0) is 42.2 Å². The highest BCUT2D eigenvalue weighted by Crippen LogP contribution is 2.32. The number of nitrogens with zero attached hydrogens (tertiary/aromatic N) is 2. The predicted molar refractivity (Wildman–Crippen MR) is 121 cm³/mol. The number of anilines is 1. The van der Waals surface area contributed by atoms with E-state index in [0.29, 0.717) is 11.3 Å². The van der Waals surface area contributed by atoms with Gasteiger partial charge in [0.1, 0.15) is 17.9 Å². The molecule has 2 N–H and O–H groups in total. The van der Waals surface area contributed by atoms with Crippen LogP contribution in [0.15, 0.2) is 48.5 Å². The minimum Gasteiger partial charge on any atom is -0.335 e. The SMILES string of the molecule is CCc1ccccc1NC(=O)CN(C)C(=O)CN1C(=O)N[C@@](CC)(c2ccc(F)cc2)C1=O. The molecular formula is C24H27FN4O4. The average Bonchev–Trinajstić information content (AvgIpc) is 3.04. The van der Waals surface area contributed by atoms with Crippen molar-refractivity contribution in [2.24, 2.45) is 0 Å². The standard InChI is InChI=1S/C24H27FN4O4/c1-4-16-8-6-7-9-19(16)26-20(30)14-28(3)21(31)15-29-22(32)24(5-2,27-23(29)33)17-10-12-18(25)13-11-17/h6-13H,4-5,14-15H2,1-3H3,(H,26,30)(H,27,33)/t24-/m0/s1. The number of aryl methyl sites for hydroxylation is 1. The van der Waals surface area contributed by atoms with Gasteiger partial charge in [0.2, 0.25) is 11.8 Å². The molecule has 0 saturated carbocycles. The van der Waals surface area contributed by atoms with Crippen molar-refractivity contribution in [3.63, 3.8) is 0 Å². The molecule has 0 aromatic heterocycles. The van der Waals surface area contributed by atoms with Crippen molar-refractivity contribution in [1.29, 1.82) is 0 Å². The molecule has 1 aliphatic heterocycles. The number of urea groups is 1. The third-order valence-electron chi connectivity index (χ3n) is 5.82. The van der Waals surface area contributed by atoms with Gasteiger partial charge in [0.25, 0.3) is 5.91 Å². The fourth-order valence-electron chi connectivity index (χ4n) is 3.84. The number of halogens is 1. The van der Waals surface area contributed by atoms with Crippen LogP contribution < -0.4 is 10.6 Å². The van der Waals surface area contributed by atoms with Crippen molar-refractivity contribution in [2.45, 2.75) is 32.2 Å². The Bertz CT molecular complexity index is 1070. The van der Waals surface area contributed by atoms with Crippen LogP contribution in [0, 0.1) is 5.82 Å². The second-order valence-electron chi connectivity index (χ2n) is 7.90. The molecule has 1 heterocycles. The lowest BCUT2D eigenvalue weighted by Gasteiger charge is -2.26. The Balaban J connectivity index is 1.66. The molecule has 0 aliphatic carbocycles. The molecular weight excluding hydrogens is 427 g/mol. The summed E-state index contributed by atoms with van der Waals surface area (Å²) in [6.45, 7) is 2.94. The van der Waals surface area contributed by atoms with Crippen molar-refractivity contribution >= 4 is 29.4 Å². The number of rotatable bonds is 8. The predicted octanol–water partition coefficient (Wildman–Crippen LogP) is 2.64. The van der Waals surface area contributed by atoms with Crippen molar-refractivity contribution in [3.8, 4) is 0 Å². The zero-order chi connectivity index (χ0) is 24.2. The van der Waals surface area contributed by atoms with E-state index in [1.165, 1.54) is 31.3 Å².